The molecule has 1 aliphatic carbocycles. The number of fused-ring (bicyclic) bond motifs is 6. The van der Waals surface area contributed by atoms with E-state index in [-0.39, 0.29) is 0 Å². The summed E-state index contributed by atoms with van der Waals surface area (Å²) in [5.41, 5.74) is 23.4. The van der Waals surface area contributed by atoms with Crippen LogP contribution in [0.15, 0.2) is 302 Å². The maximum Gasteiger partial charge on any atom is 0.143 e. The van der Waals surface area contributed by atoms with Crippen molar-refractivity contribution in [3.05, 3.63) is 320 Å². The molecule has 0 saturated carbocycles. The SMILES string of the molecule is c1ccc(-c2ccccc2-c2c(-c3ccccc3)cccc2-c2cccc(N(c3ccc(-c4cccc5c4oc4ccccc45)cc3)c3ccc4c(c3)C(c3ccccc3)(c3ccccc3)c3ccccc3-4)c2)cc1. The predicted molar refractivity (Wildman–Crippen MR) is 313 cm³/mol. The van der Waals surface area contributed by atoms with E-state index in [4.69, 9.17) is 4.42 Å². The molecule has 1 aliphatic rings. The molecular formula is C73H49NO. The summed E-state index contributed by atoms with van der Waals surface area (Å²) in [6.07, 6.45) is 0. The highest BCUT2D eigenvalue weighted by molar-refractivity contribution is 6.09. The molecule has 1 heterocycles. The Hall–Kier alpha value is -9.76. The van der Waals surface area contributed by atoms with E-state index < -0.39 is 5.41 Å². The summed E-state index contributed by atoms with van der Waals surface area (Å²) in [6, 6.07) is 108. The zero-order valence-corrected chi connectivity index (χ0v) is 41.1. The molecule has 0 amide bonds. The maximum atomic E-state index is 6.57. The molecule has 0 aliphatic heterocycles. The number of nitrogens with zero attached hydrogens (tertiary/aromatic N) is 1. The summed E-state index contributed by atoms with van der Waals surface area (Å²) in [5, 5.41) is 2.24. The lowest BCUT2D eigenvalue weighted by Crippen LogP contribution is -2.28. The first kappa shape index (κ1) is 44.0. The van der Waals surface area contributed by atoms with E-state index in [9.17, 15) is 0 Å². The first-order valence-electron chi connectivity index (χ1n) is 25.8. The van der Waals surface area contributed by atoms with E-state index in [1.54, 1.807) is 0 Å². The predicted octanol–water partition coefficient (Wildman–Crippen LogP) is 19.8. The lowest BCUT2D eigenvalue weighted by Gasteiger charge is -2.35. The van der Waals surface area contributed by atoms with Crippen LogP contribution in [0.5, 0.6) is 0 Å². The number of furan rings is 1. The van der Waals surface area contributed by atoms with Gasteiger partial charge in [0.05, 0.1) is 5.41 Å². The molecule has 12 aromatic carbocycles. The molecule has 0 fully saturated rings. The van der Waals surface area contributed by atoms with Crippen molar-refractivity contribution in [1.82, 2.24) is 0 Å². The second-order valence-corrected chi connectivity index (χ2v) is 19.5. The van der Waals surface area contributed by atoms with Gasteiger partial charge in [0, 0.05) is 33.4 Å². The van der Waals surface area contributed by atoms with Crippen LogP contribution >= 0.6 is 0 Å². The smallest absolute Gasteiger partial charge is 0.143 e. The number of para-hydroxylation sites is 2. The Labute approximate surface area is 437 Å². The molecule has 352 valence electrons. The van der Waals surface area contributed by atoms with Crippen LogP contribution in [-0.2, 0) is 5.41 Å². The molecule has 0 saturated heterocycles. The number of anilines is 3. The van der Waals surface area contributed by atoms with Gasteiger partial charge in [-0.05, 0) is 126 Å². The number of rotatable bonds is 10. The van der Waals surface area contributed by atoms with Gasteiger partial charge < -0.3 is 9.32 Å². The lowest BCUT2D eigenvalue weighted by molar-refractivity contribution is 0.670. The van der Waals surface area contributed by atoms with Crippen molar-refractivity contribution < 1.29 is 4.42 Å². The monoisotopic (exact) mass is 955 g/mol. The minimum Gasteiger partial charge on any atom is -0.455 e. The van der Waals surface area contributed by atoms with Crippen LogP contribution in [0.4, 0.5) is 17.1 Å². The summed E-state index contributed by atoms with van der Waals surface area (Å²) in [6.45, 7) is 0. The Morgan fingerprint density at radius 3 is 1.45 bits per heavy atom. The molecule has 13 aromatic rings. The third-order valence-electron chi connectivity index (χ3n) is 15.4. The average molecular weight is 956 g/mol. The average Bonchev–Trinajstić information content (AvgIpc) is 4.04. The molecule has 0 bridgehead atoms. The maximum absolute atomic E-state index is 6.57. The molecule has 0 atom stereocenters. The van der Waals surface area contributed by atoms with Crippen LogP contribution in [-0.4, -0.2) is 0 Å². The van der Waals surface area contributed by atoms with Crippen molar-refractivity contribution in [2.75, 3.05) is 4.90 Å². The summed E-state index contributed by atoms with van der Waals surface area (Å²) in [7, 11) is 0. The van der Waals surface area contributed by atoms with Crippen molar-refractivity contribution in [2.45, 2.75) is 5.41 Å². The van der Waals surface area contributed by atoms with E-state index in [1.807, 2.05) is 6.07 Å². The summed E-state index contributed by atoms with van der Waals surface area (Å²) >= 11 is 0. The summed E-state index contributed by atoms with van der Waals surface area (Å²) in [4.78, 5) is 2.44. The van der Waals surface area contributed by atoms with Gasteiger partial charge in [-0.2, -0.15) is 0 Å². The fourth-order valence-corrected chi connectivity index (χ4v) is 12.1. The van der Waals surface area contributed by atoms with Crippen LogP contribution in [0, 0.1) is 0 Å². The fourth-order valence-electron chi connectivity index (χ4n) is 12.1. The number of hydrogen-bond donors (Lipinski definition) is 0. The highest BCUT2D eigenvalue weighted by Gasteiger charge is 2.46. The van der Waals surface area contributed by atoms with E-state index >= 15 is 0 Å². The largest absolute Gasteiger partial charge is 0.455 e. The molecule has 75 heavy (non-hydrogen) atoms. The summed E-state index contributed by atoms with van der Waals surface area (Å²) in [5.74, 6) is 0. The van der Waals surface area contributed by atoms with Gasteiger partial charge in [0.2, 0.25) is 0 Å². The van der Waals surface area contributed by atoms with Crippen molar-refractivity contribution in [2.24, 2.45) is 0 Å². The molecule has 2 nitrogen and oxygen atoms in total. The minimum absolute atomic E-state index is 0.563. The Kier molecular flexibility index (Phi) is 10.8. The zero-order valence-electron chi connectivity index (χ0n) is 41.1. The Morgan fingerprint density at radius 1 is 0.267 bits per heavy atom. The Morgan fingerprint density at radius 2 is 0.733 bits per heavy atom. The van der Waals surface area contributed by atoms with Crippen LogP contribution in [0.25, 0.3) is 88.7 Å². The topological polar surface area (TPSA) is 16.4 Å². The third-order valence-corrected chi connectivity index (χ3v) is 15.4. The van der Waals surface area contributed by atoms with Crippen molar-refractivity contribution in [3.8, 4) is 66.8 Å². The highest BCUT2D eigenvalue weighted by Crippen LogP contribution is 2.57. The first-order valence-corrected chi connectivity index (χ1v) is 25.8. The second kappa shape index (κ2) is 18.4. The zero-order chi connectivity index (χ0) is 49.7. The molecular weight excluding hydrogens is 907 g/mol. The quantitative estimate of drug-likeness (QED) is 0.136. The molecule has 0 unspecified atom stereocenters. The van der Waals surface area contributed by atoms with Gasteiger partial charge in [0.15, 0.2) is 0 Å². The van der Waals surface area contributed by atoms with Crippen molar-refractivity contribution in [3.63, 3.8) is 0 Å². The van der Waals surface area contributed by atoms with Crippen LogP contribution < -0.4 is 4.90 Å². The Bertz CT molecular complexity index is 4180. The Balaban J connectivity index is 0.989. The molecule has 14 rings (SSSR count). The van der Waals surface area contributed by atoms with Gasteiger partial charge in [-0.25, -0.2) is 0 Å². The number of benzene rings is 12. The van der Waals surface area contributed by atoms with E-state index in [0.29, 0.717) is 0 Å². The van der Waals surface area contributed by atoms with Crippen LogP contribution in [0.1, 0.15) is 22.3 Å². The van der Waals surface area contributed by atoms with E-state index in [0.717, 1.165) is 61.3 Å². The van der Waals surface area contributed by atoms with Gasteiger partial charge in [0.25, 0.3) is 0 Å². The van der Waals surface area contributed by atoms with Gasteiger partial charge >= 0.3 is 0 Å². The first-order chi connectivity index (χ1) is 37.2. The number of hydrogen-bond acceptors (Lipinski definition) is 2. The fraction of sp³-hybridized carbons (Fsp3) is 0.0137. The van der Waals surface area contributed by atoms with E-state index in [2.05, 4.69) is 296 Å². The molecule has 2 heteroatoms. The van der Waals surface area contributed by atoms with Gasteiger partial charge in [-0.15, -0.1) is 0 Å². The van der Waals surface area contributed by atoms with Gasteiger partial charge in [-0.1, -0.05) is 255 Å². The summed E-state index contributed by atoms with van der Waals surface area (Å²) < 4.78 is 6.57. The van der Waals surface area contributed by atoms with Crippen LogP contribution in [0.3, 0.4) is 0 Å². The van der Waals surface area contributed by atoms with Crippen LogP contribution in [0.2, 0.25) is 0 Å². The lowest BCUT2D eigenvalue weighted by atomic mass is 9.67. The highest BCUT2D eigenvalue weighted by atomic mass is 16.3. The molecule has 1 aromatic heterocycles. The molecule has 0 radical (unpaired) electrons. The standard InChI is InChI=1S/C73H49NO/c1-5-22-50(23-6-1)59-32-13-14-35-66(59)71-60(51-24-7-2-8-25-51)36-20-37-61(71)53-26-19-31-57(48-53)74(56-44-42-52(43-45-56)62-38-21-39-67-65-34-16-18-41-70(65)75-72(62)67)58-46-47-64-63-33-15-17-40-68(63)73(69(64)49-58,54-27-9-3-10-28-54)55-29-11-4-12-30-55/h1-49H. The minimum atomic E-state index is -0.563. The second-order valence-electron chi connectivity index (χ2n) is 19.5. The van der Waals surface area contributed by atoms with Gasteiger partial charge in [-0.3, -0.25) is 0 Å². The van der Waals surface area contributed by atoms with Gasteiger partial charge in [0.1, 0.15) is 11.2 Å². The van der Waals surface area contributed by atoms with Crippen molar-refractivity contribution >= 4 is 39.0 Å². The van der Waals surface area contributed by atoms with E-state index in [1.165, 1.54) is 66.8 Å². The molecule has 0 spiro atoms. The normalized spacial score (nSPS) is 12.4. The third kappa shape index (κ3) is 7.33. The van der Waals surface area contributed by atoms with Crippen molar-refractivity contribution in [1.29, 1.82) is 0 Å². The molecule has 0 N–H and O–H groups in total.